The zero-order valence-corrected chi connectivity index (χ0v) is 9.85. The smallest absolute Gasteiger partial charge is 0.211 e. The maximum atomic E-state index is 13.2. The van der Waals surface area contributed by atoms with Gasteiger partial charge < -0.3 is 0 Å². The minimum absolute atomic E-state index is 0.0559. The molecule has 0 fully saturated rings. The van der Waals surface area contributed by atoms with Crippen molar-refractivity contribution in [3.8, 4) is 0 Å². The Balaban J connectivity index is 2.90. The number of sulfonamides is 1. The highest BCUT2D eigenvalue weighted by molar-refractivity contribution is 7.89. The van der Waals surface area contributed by atoms with Crippen molar-refractivity contribution in [2.45, 2.75) is 18.2 Å². The number of nitrogens with one attached hydrogen (secondary N) is 1. The highest BCUT2D eigenvalue weighted by Crippen LogP contribution is 2.13. The second kappa shape index (κ2) is 5.23. The van der Waals surface area contributed by atoms with E-state index < -0.39 is 15.8 Å². The lowest BCUT2D eigenvalue weighted by molar-refractivity contribution is 0.577. The Hall–Kier alpha value is -1.20. The molecule has 5 heteroatoms. The summed E-state index contributed by atoms with van der Waals surface area (Å²) in [7, 11) is -3.61. The third kappa shape index (κ3) is 3.15. The van der Waals surface area contributed by atoms with Crippen LogP contribution < -0.4 is 4.72 Å². The predicted molar refractivity (Wildman–Crippen MR) is 61.1 cm³/mol. The standard InChI is InChI=1S/C11H14FNO2S/c1-3-4-7-13-16(14,15)10-6-5-9(2)11(12)8-10/h3,5-6,8,13H,1,4,7H2,2H3. The lowest BCUT2D eigenvalue weighted by Crippen LogP contribution is -2.24. The highest BCUT2D eigenvalue weighted by Gasteiger charge is 2.14. The van der Waals surface area contributed by atoms with Gasteiger partial charge in [0.2, 0.25) is 10.0 Å². The van der Waals surface area contributed by atoms with Crippen molar-refractivity contribution in [3.63, 3.8) is 0 Å². The van der Waals surface area contributed by atoms with E-state index in [1.54, 1.807) is 13.0 Å². The van der Waals surface area contributed by atoms with Gasteiger partial charge in [0, 0.05) is 6.54 Å². The Bertz CT molecular complexity index is 483. The number of hydrogen-bond acceptors (Lipinski definition) is 2. The SMILES string of the molecule is C=CCCNS(=O)(=O)c1ccc(C)c(F)c1. The van der Waals surface area contributed by atoms with Crippen LogP contribution in [0.1, 0.15) is 12.0 Å². The molecule has 1 rings (SSSR count). The number of halogens is 1. The van der Waals surface area contributed by atoms with E-state index in [4.69, 9.17) is 0 Å². The minimum atomic E-state index is -3.61. The molecule has 0 radical (unpaired) electrons. The van der Waals surface area contributed by atoms with E-state index in [0.29, 0.717) is 12.0 Å². The van der Waals surface area contributed by atoms with Gasteiger partial charge in [-0.15, -0.1) is 6.58 Å². The molecule has 0 bridgehead atoms. The quantitative estimate of drug-likeness (QED) is 0.635. The van der Waals surface area contributed by atoms with Gasteiger partial charge in [-0.05, 0) is 31.0 Å². The normalized spacial score (nSPS) is 11.4. The first-order valence-corrected chi connectivity index (χ1v) is 6.32. The number of aryl methyl sites for hydroxylation is 1. The second-order valence-corrected chi connectivity index (χ2v) is 5.15. The molecule has 3 nitrogen and oxygen atoms in total. The van der Waals surface area contributed by atoms with Gasteiger partial charge in [0.15, 0.2) is 0 Å². The van der Waals surface area contributed by atoms with Crippen LogP contribution in [-0.2, 0) is 10.0 Å². The Kier molecular flexibility index (Phi) is 4.20. The van der Waals surface area contributed by atoms with E-state index in [9.17, 15) is 12.8 Å². The van der Waals surface area contributed by atoms with Gasteiger partial charge >= 0.3 is 0 Å². The summed E-state index contributed by atoms with van der Waals surface area (Å²) in [6.07, 6.45) is 2.14. The molecule has 16 heavy (non-hydrogen) atoms. The monoisotopic (exact) mass is 243 g/mol. The number of rotatable bonds is 5. The molecule has 1 aromatic rings. The summed E-state index contributed by atoms with van der Waals surface area (Å²) in [5.74, 6) is -0.522. The molecule has 0 aromatic heterocycles. The molecule has 0 aliphatic rings. The first-order chi connectivity index (χ1) is 7.47. The van der Waals surface area contributed by atoms with E-state index in [2.05, 4.69) is 11.3 Å². The third-order valence-corrected chi connectivity index (χ3v) is 3.55. The van der Waals surface area contributed by atoms with Crippen molar-refractivity contribution in [2.75, 3.05) is 6.54 Å². The first-order valence-electron chi connectivity index (χ1n) is 4.84. The van der Waals surface area contributed by atoms with E-state index in [1.165, 1.54) is 12.1 Å². The maximum absolute atomic E-state index is 13.2. The third-order valence-electron chi connectivity index (χ3n) is 2.09. The average molecular weight is 243 g/mol. The van der Waals surface area contributed by atoms with Gasteiger partial charge in [0.25, 0.3) is 0 Å². The number of benzene rings is 1. The summed E-state index contributed by atoms with van der Waals surface area (Å²) in [5.41, 5.74) is 0.421. The van der Waals surface area contributed by atoms with Gasteiger partial charge in [-0.3, -0.25) is 0 Å². The second-order valence-electron chi connectivity index (χ2n) is 3.39. The summed E-state index contributed by atoms with van der Waals surface area (Å²) < 4.78 is 38.9. The van der Waals surface area contributed by atoms with Crippen molar-refractivity contribution in [2.24, 2.45) is 0 Å². The molecule has 1 N–H and O–H groups in total. The Morgan fingerprint density at radius 3 is 2.75 bits per heavy atom. The summed E-state index contributed by atoms with van der Waals surface area (Å²) >= 11 is 0. The first kappa shape index (κ1) is 12.9. The van der Waals surface area contributed by atoms with Gasteiger partial charge in [0.1, 0.15) is 5.82 Å². The Labute approximate surface area is 95.0 Å². The van der Waals surface area contributed by atoms with Crippen LogP contribution in [0.2, 0.25) is 0 Å². The average Bonchev–Trinajstić information content (AvgIpc) is 2.22. The minimum Gasteiger partial charge on any atom is -0.211 e. The molecule has 0 saturated carbocycles. The molecule has 0 heterocycles. The van der Waals surface area contributed by atoms with Gasteiger partial charge in [-0.1, -0.05) is 12.1 Å². The summed E-state index contributed by atoms with van der Waals surface area (Å²) in [6, 6.07) is 3.84. The van der Waals surface area contributed by atoms with Crippen molar-refractivity contribution >= 4 is 10.0 Å². The van der Waals surface area contributed by atoms with E-state index in [-0.39, 0.29) is 11.4 Å². The largest absolute Gasteiger partial charge is 0.240 e. The summed E-state index contributed by atoms with van der Waals surface area (Å²) in [4.78, 5) is -0.0559. The van der Waals surface area contributed by atoms with Crippen LogP contribution in [0.5, 0.6) is 0 Å². The molecule has 0 aliphatic carbocycles. The van der Waals surface area contributed by atoms with Crippen LogP contribution >= 0.6 is 0 Å². The lowest BCUT2D eigenvalue weighted by atomic mass is 10.2. The van der Waals surface area contributed by atoms with Gasteiger partial charge in [-0.2, -0.15) is 0 Å². The molecule has 0 amide bonds. The van der Waals surface area contributed by atoms with Crippen LogP contribution in [0.25, 0.3) is 0 Å². The molecular weight excluding hydrogens is 229 g/mol. The van der Waals surface area contributed by atoms with Crippen molar-refractivity contribution < 1.29 is 12.8 Å². The van der Waals surface area contributed by atoms with E-state index in [0.717, 1.165) is 6.07 Å². The zero-order valence-electron chi connectivity index (χ0n) is 9.03. The fraction of sp³-hybridized carbons (Fsp3) is 0.273. The van der Waals surface area contributed by atoms with Gasteiger partial charge in [0.05, 0.1) is 4.90 Å². The Morgan fingerprint density at radius 2 is 2.19 bits per heavy atom. The van der Waals surface area contributed by atoms with E-state index in [1.807, 2.05) is 0 Å². The fourth-order valence-corrected chi connectivity index (χ4v) is 2.18. The van der Waals surface area contributed by atoms with Crippen molar-refractivity contribution in [1.29, 1.82) is 0 Å². The topological polar surface area (TPSA) is 46.2 Å². The zero-order chi connectivity index (χ0) is 12.2. The lowest BCUT2D eigenvalue weighted by Gasteiger charge is -2.06. The molecule has 0 spiro atoms. The van der Waals surface area contributed by atoms with Crippen LogP contribution in [0.15, 0.2) is 35.7 Å². The molecule has 0 atom stereocenters. The molecule has 0 saturated heterocycles. The summed E-state index contributed by atoms with van der Waals surface area (Å²) in [5, 5.41) is 0. The van der Waals surface area contributed by atoms with Crippen LogP contribution in [0.4, 0.5) is 4.39 Å². The van der Waals surface area contributed by atoms with Crippen LogP contribution in [-0.4, -0.2) is 15.0 Å². The fourth-order valence-electron chi connectivity index (χ4n) is 1.12. The van der Waals surface area contributed by atoms with Crippen molar-refractivity contribution in [1.82, 2.24) is 4.72 Å². The van der Waals surface area contributed by atoms with Crippen LogP contribution in [0.3, 0.4) is 0 Å². The van der Waals surface area contributed by atoms with Crippen LogP contribution in [0, 0.1) is 12.7 Å². The van der Waals surface area contributed by atoms with Crippen molar-refractivity contribution in [3.05, 3.63) is 42.2 Å². The number of hydrogen-bond donors (Lipinski definition) is 1. The molecule has 1 aromatic carbocycles. The predicted octanol–water partition coefficient (Wildman–Crippen LogP) is 1.99. The molecule has 0 aliphatic heterocycles. The summed E-state index contributed by atoms with van der Waals surface area (Å²) in [6.45, 7) is 5.33. The Morgan fingerprint density at radius 1 is 1.50 bits per heavy atom. The highest BCUT2D eigenvalue weighted by atomic mass is 32.2. The molecule has 0 unspecified atom stereocenters. The molecular formula is C11H14FNO2S. The maximum Gasteiger partial charge on any atom is 0.240 e. The van der Waals surface area contributed by atoms with Gasteiger partial charge in [-0.25, -0.2) is 17.5 Å². The molecule has 88 valence electrons. The van der Waals surface area contributed by atoms with E-state index >= 15 is 0 Å².